The lowest BCUT2D eigenvalue weighted by Crippen LogP contribution is -2.14. The fourth-order valence-electron chi connectivity index (χ4n) is 3.05. The monoisotopic (exact) mass is 525 g/mol. The van der Waals surface area contributed by atoms with Crippen molar-refractivity contribution in [3.63, 3.8) is 0 Å². The Morgan fingerprint density at radius 3 is 2.13 bits per heavy atom. The van der Waals surface area contributed by atoms with E-state index in [-0.39, 0.29) is 27.3 Å². The van der Waals surface area contributed by atoms with Gasteiger partial charge in [0.05, 0.1) is 38.6 Å². The van der Waals surface area contributed by atoms with Crippen molar-refractivity contribution in [2.75, 3.05) is 38.2 Å². The van der Waals surface area contributed by atoms with Crippen molar-refractivity contribution in [1.29, 1.82) is 0 Å². The number of halogens is 1. The Morgan fingerprint density at radius 2 is 1.60 bits per heavy atom. The first-order valence-corrected chi connectivity index (χ1v) is 10.3. The Hall–Kier alpha value is -2.95. The van der Waals surface area contributed by atoms with E-state index in [1.165, 1.54) is 40.6 Å². The summed E-state index contributed by atoms with van der Waals surface area (Å²) in [5, 5.41) is 3.32. The van der Waals surface area contributed by atoms with Gasteiger partial charge in [-0.25, -0.2) is 0 Å². The van der Waals surface area contributed by atoms with E-state index in [1.54, 1.807) is 18.2 Å². The number of furan rings is 1. The van der Waals surface area contributed by atoms with Crippen LogP contribution in [0, 0.1) is 0 Å². The zero-order chi connectivity index (χ0) is 21.8. The number of alkyl halides is 1. The maximum Gasteiger partial charge on any atom is 0.234 e. The van der Waals surface area contributed by atoms with Crippen molar-refractivity contribution >= 4 is 50.9 Å². The molecule has 1 amide bonds. The third kappa shape index (κ3) is 3.89. The topological polar surface area (TPSA) is 96.2 Å². The molecule has 0 saturated heterocycles. The summed E-state index contributed by atoms with van der Waals surface area (Å²) in [7, 11) is 5.90. The number of hydrogen-bond donors (Lipinski definition) is 1. The second-order valence-electron chi connectivity index (χ2n) is 6.07. The highest BCUT2D eigenvalue weighted by Crippen LogP contribution is 2.41. The lowest BCUT2D eigenvalue weighted by molar-refractivity contribution is -0.113. The van der Waals surface area contributed by atoms with Crippen molar-refractivity contribution in [1.82, 2.24) is 0 Å². The van der Waals surface area contributed by atoms with Gasteiger partial charge in [-0.05, 0) is 24.3 Å². The Kier molecular flexibility index (Phi) is 6.70. The summed E-state index contributed by atoms with van der Waals surface area (Å²) in [6.07, 6.45) is 0. The molecule has 0 spiro atoms. The molecule has 9 heteroatoms. The van der Waals surface area contributed by atoms with Crippen LogP contribution in [0.3, 0.4) is 0 Å². The van der Waals surface area contributed by atoms with Gasteiger partial charge >= 0.3 is 0 Å². The number of para-hydroxylation sites is 1. The van der Waals surface area contributed by atoms with Gasteiger partial charge in [-0.3, -0.25) is 9.59 Å². The molecular formula is C21H20INO7. The molecule has 0 fully saturated rings. The number of hydrogen-bond acceptors (Lipinski definition) is 7. The largest absolute Gasteiger partial charge is 0.493 e. The molecular weight excluding hydrogens is 505 g/mol. The molecule has 0 unspecified atom stereocenters. The molecule has 8 nitrogen and oxygen atoms in total. The van der Waals surface area contributed by atoms with Crippen molar-refractivity contribution < 1.29 is 33.0 Å². The minimum Gasteiger partial charge on any atom is -0.493 e. The van der Waals surface area contributed by atoms with Crippen molar-refractivity contribution in [2.24, 2.45) is 0 Å². The number of carbonyl (C=O) groups is 2. The molecule has 158 valence electrons. The van der Waals surface area contributed by atoms with Gasteiger partial charge < -0.3 is 28.7 Å². The predicted octanol–water partition coefficient (Wildman–Crippen LogP) is 4.07. The molecule has 0 atom stereocenters. The zero-order valence-electron chi connectivity index (χ0n) is 16.8. The number of fused-ring (bicyclic) bond motifs is 1. The molecule has 0 aliphatic heterocycles. The van der Waals surface area contributed by atoms with Crippen molar-refractivity contribution in [3.8, 4) is 23.0 Å². The standard InChI is InChI=1S/C21H20INO7/c1-26-13-7-5-6-12-17(23-16(24)10-22)21(30-19(12)13)18(25)11-8-14(27-2)20(29-4)15(9-11)28-3/h5-9H,10H2,1-4H3,(H,23,24). The van der Waals surface area contributed by atoms with Gasteiger partial charge in [0, 0.05) is 10.9 Å². The molecule has 3 aromatic rings. The van der Waals surface area contributed by atoms with Crippen LogP contribution in [-0.2, 0) is 4.79 Å². The molecule has 2 aromatic carbocycles. The first-order chi connectivity index (χ1) is 14.5. The normalized spacial score (nSPS) is 10.6. The van der Waals surface area contributed by atoms with Gasteiger partial charge in [-0.2, -0.15) is 0 Å². The summed E-state index contributed by atoms with van der Waals surface area (Å²) in [6, 6.07) is 8.26. The number of anilines is 1. The fourth-order valence-corrected chi connectivity index (χ4v) is 3.24. The summed E-state index contributed by atoms with van der Waals surface area (Å²) in [5.74, 6) is 0.708. The van der Waals surface area contributed by atoms with Gasteiger partial charge in [0.25, 0.3) is 0 Å². The summed E-state index contributed by atoms with van der Waals surface area (Å²) < 4.78 is 27.4. The average molecular weight is 525 g/mol. The molecule has 0 aliphatic carbocycles. The van der Waals surface area contributed by atoms with Gasteiger partial charge in [0.1, 0.15) is 0 Å². The number of benzene rings is 2. The van der Waals surface area contributed by atoms with Crippen LogP contribution < -0.4 is 24.3 Å². The smallest absolute Gasteiger partial charge is 0.234 e. The van der Waals surface area contributed by atoms with Crippen LogP contribution in [0.25, 0.3) is 11.0 Å². The Labute approximate surface area is 186 Å². The van der Waals surface area contributed by atoms with Gasteiger partial charge in [-0.1, -0.05) is 28.7 Å². The lowest BCUT2D eigenvalue weighted by atomic mass is 10.1. The Bertz CT molecular complexity index is 1080. The van der Waals surface area contributed by atoms with Gasteiger partial charge in [0.15, 0.2) is 28.6 Å². The minimum absolute atomic E-state index is 0.0260. The van der Waals surface area contributed by atoms with E-state index in [4.69, 9.17) is 23.4 Å². The molecule has 1 heterocycles. The van der Waals surface area contributed by atoms with Crippen LogP contribution in [-0.4, -0.2) is 44.6 Å². The highest BCUT2D eigenvalue weighted by atomic mass is 127. The molecule has 0 bridgehead atoms. The van der Waals surface area contributed by atoms with Crippen molar-refractivity contribution in [2.45, 2.75) is 0 Å². The summed E-state index contributed by atoms with van der Waals surface area (Å²) in [4.78, 5) is 25.5. The Morgan fingerprint density at radius 1 is 0.967 bits per heavy atom. The number of nitrogens with one attached hydrogen (secondary N) is 1. The van der Waals surface area contributed by atoms with E-state index >= 15 is 0 Å². The zero-order valence-corrected chi connectivity index (χ0v) is 19.0. The lowest BCUT2D eigenvalue weighted by Gasteiger charge is -2.13. The third-order valence-corrected chi connectivity index (χ3v) is 5.11. The van der Waals surface area contributed by atoms with E-state index in [0.717, 1.165) is 0 Å². The van der Waals surface area contributed by atoms with Crippen LogP contribution in [0.4, 0.5) is 5.69 Å². The Balaban J connectivity index is 2.22. The van der Waals surface area contributed by atoms with E-state index in [1.807, 2.05) is 22.6 Å². The van der Waals surface area contributed by atoms with Gasteiger partial charge in [0.2, 0.25) is 17.4 Å². The first-order valence-electron chi connectivity index (χ1n) is 8.79. The molecule has 1 N–H and O–H groups in total. The third-order valence-electron chi connectivity index (χ3n) is 4.42. The number of methoxy groups -OCH3 is 4. The van der Waals surface area contributed by atoms with E-state index in [9.17, 15) is 9.59 Å². The second-order valence-corrected chi connectivity index (χ2v) is 6.83. The highest BCUT2D eigenvalue weighted by Gasteiger charge is 2.27. The summed E-state index contributed by atoms with van der Waals surface area (Å²) >= 11 is 1.94. The van der Waals surface area contributed by atoms with Crippen LogP contribution >= 0.6 is 22.6 Å². The number of amides is 1. The van der Waals surface area contributed by atoms with Crippen molar-refractivity contribution in [3.05, 3.63) is 41.7 Å². The quantitative estimate of drug-likeness (QED) is 0.269. The summed E-state index contributed by atoms with van der Waals surface area (Å²) in [5.41, 5.74) is 0.886. The maximum atomic E-state index is 13.4. The number of rotatable bonds is 8. The van der Waals surface area contributed by atoms with E-state index < -0.39 is 5.78 Å². The number of ketones is 1. The van der Waals surface area contributed by atoms with Crippen LogP contribution in [0.1, 0.15) is 16.1 Å². The van der Waals surface area contributed by atoms with E-state index in [2.05, 4.69) is 5.32 Å². The molecule has 3 rings (SSSR count). The fraction of sp³-hybridized carbons (Fsp3) is 0.238. The number of ether oxygens (including phenoxy) is 4. The molecule has 0 radical (unpaired) electrons. The van der Waals surface area contributed by atoms with E-state index in [0.29, 0.717) is 34.0 Å². The second kappa shape index (κ2) is 9.24. The van der Waals surface area contributed by atoms with Crippen LogP contribution in [0.5, 0.6) is 23.0 Å². The molecule has 1 aromatic heterocycles. The first kappa shape index (κ1) is 21.8. The molecule has 30 heavy (non-hydrogen) atoms. The number of carbonyl (C=O) groups excluding carboxylic acids is 2. The molecule has 0 aliphatic rings. The van der Waals surface area contributed by atoms with Crippen LogP contribution in [0.15, 0.2) is 34.7 Å². The minimum atomic E-state index is -0.462. The molecule has 0 saturated carbocycles. The van der Waals surface area contributed by atoms with Gasteiger partial charge in [-0.15, -0.1) is 0 Å². The summed E-state index contributed by atoms with van der Waals surface area (Å²) in [6.45, 7) is 0. The SMILES string of the molecule is COc1cc(C(=O)c2oc3c(OC)cccc3c2NC(=O)CI)cc(OC)c1OC. The van der Waals surface area contributed by atoms with Crippen LogP contribution in [0.2, 0.25) is 0 Å². The maximum absolute atomic E-state index is 13.4. The highest BCUT2D eigenvalue weighted by molar-refractivity contribution is 14.1. The average Bonchev–Trinajstić information content (AvgIpc) is 3.15. The predicted molar refractivity (Wildman–Crippen MR) is 120 cm³/mol.